The van der Waals surface area contributed by atoms with Crippen molar-refractivity contribution in [2.24, 2.45) is 0 Å². The van der Waals surface area contributed by atoms with Crippen LogP contribution in [0.25, 0.3) is 31.3 Å². The highest BCUT2D eigenvalue weighted by Crippen LogP contribution is 2.42. The minimum atomic E-state index is 0.0774. The number of halogens is 2. The Kier molecular flexibility index (Phi) is 11.1. The Balaban J connectivity index is 0.000000146. The van der Waals surface area contributed by atoms with E-state index < -0.39 is 0 Å². The van der Waals surface area contributed by atoms with Crippen molar-refractivity contribution in [3.8, 4) is 17.2 Å². The number of nitriles is 1. The summed E-state index contributed by atoms with van der Waals surface area (Å²) in [7, 11) is 0. The molecule has 0 aliphatic carbocycles. The zero-order chi connectivity index (χ0) is 35.7. The van der Waals surface area contributed by atoms with Crippen molar-refractivity contribution >= 4 is 66.0 Å². The zero-order valence-corrected chi connectivity index (χ0v) is 33.3. The second-order valence-electron chi connectivity index (χ2n) is 15.8. The average Bonchev–Trinajstić information content (AvgIpc) is 3.76. The van der Waals surface area contributed by atoms with Gasteiger partial charge in [-0.05, 0) is 88.4 Å². The van der Waals surface area contributed by atoms with E-state index in [9.17, 15) is 0 Å². The van der Waals surface area contributed by atoms with Gasteiger partial charge < -0.3 is 0 Å². The maximum Gasteiger partial charge on any atom is 0.0991 e. The standard InChI is InChI=1S/C17H21ClN2.C13H13NS.C12H13ClS/c1-17(2,3)14-8-7-12(10-15(14)18)13-11-19-20-9-5-4-6-16(13)20;1-13(2,3)12-7-10-6-9(8-14)4-5-11(10)15-12;1-12(2,3)11-10(13)8-6-4-5-7-9(8)14-11/h7-8,10-11H,4-6,9H2,1-3H3;4-7H,1-3H3;4-7H,1-3H3. The fraction of sp³-hybridized carbons (Fsp3) is 0.381. The van der Waals surface area contributed by atoms with Gasteiger partial charge in [0.1, 0.15) is 0 Å². The van der Waals surface area contributed by atoms with Crippen LogP contribution in [0.15, 0.2) is 72.9 Å². The molecule has 0 bridgehead atoms. The molecule has 1 aliphatic heterocycles. The molecule has 0 saturated heterocycles. The van der Waals surface area contributed by atoms with Gasteiger partial charge >= 0.3 is 0 Å². The molecular formula is C42H47Cl2N3S2. The number of aryl methyl sites for hydroxylation is 1. The smallest absolute Gasteiger partial charge is 0.0991 e. The normalized spacial score (nSPS) is 13.3. The highest BCUT2D eigenvalue weighted by Gasteiger charge is 2.22. The lowest BCUT2D eigenvalue weighted by Gasteiger charge is -2.21. The number of hydrogen-bond donors (Lipinski definition) is 0. The Bertz CT molecular complexity index is 2120. The number of aromatic nitrogens is 2. The predicted molar refractivity (Wildman–Crippen MR) is 215 cm³/mol. The van der Waals surface area contributed by atoms with Gasteiger partial charge in [-0.3, -0.25) is 4.68 Å². The van der Waals surface area contributed by atoms with Crippen LogP contribution in [0.5, 0.6) is 0 Å². The molecule has 0 radical (unpaired) electrons. The first-order valence-corrected chi connectivity index (χ1v) is 19.3. The molecule has 1 aliphatic rings. The second-order valence-corrected chi connectivity index (χ2v) is 18.8. The summed E-state index contributed by atoms with van der Waals surface area (Å²) in [6, 6.07) is 25.0. The molecule has 3 aromatic carbocycles. The molecule has 0 fully saturated rings. The topological polar surface area (TPSA) is 41.6 Å². The van der Waals surface area contributed by atoms with Gasteiger partial charge in [0.25, 0.3) is 0 Å². The number of hydrogen-bond acceptors (Lipinski definition) is 4. The van der Waals surface area contributed by atoms with Crippen LogP contribution in [-0.4, -0.2) is 9.78 Å². The first-order valence-electron chi connectivity index (χ1n) is 16.9. The average molecular weight is 729 g/mol. The number of fused-ring (bicyclic) bond motifs is 3. The summed E-state index contributed by atoms with van der Waals surface area (Å²) in [6.07, 6.45) is 5.60. The molecule has 256 valence electrons. The van der Waals surface area contributed by atoms with E-state index in [4.69, 9.17) is 28.5 Å². The summed E-state index contributed by atoms with van der Waals surface area (Å²) in [5.41, 5.74) is 6.13. The fourth-order valence-electron chi connectivity index (χ4n) is 5.93. The molecule has 0 atom stereocenters. The Morgan fingerprint density at radius 2 is 1.51 bits per heavy atom. The van der Waals surface area contributed by atoms with Crippen molar-refractivity contribution in [1.29, 1.82) is 5.26 Å². The van der Waals surface area contributed by atoms with Crippen LogP contribution in [0, 0.1) is 11.3 Å². The Morgan fingerprint density at radius 1 is 0.776 bits per heavy atom. The maximum absolute atomic E-state index is 8.82. The quantitative estimate of drug-likeness (QED) is 0.169. The SMILES string of the molecule is CC(C)(C)c1cc2cc(C#N)ccc2s1.CC(C)(C)c1ccc(-c2cnn3c2CCCC3)cc1Cl.CC(C)(C)c1sc2ccccc2c1Cl. The molecule has 3 aromatic heterocycles. The lowest BCUT2D eigenvalue weighted by Crippen LogP contribution is -2.12. The largest absolute Gasteiger partial charge is 0.269 e. The minimum Gasteiger partial charge on any atom is -0.269 e. The third-order valence-corrected chi connectivity index (χ3v) is 12.6. The zero-order valence-electron chi connectivity index (χ0n) is 30.2. The number of thiophene rings is 2. The summed E-state index contributed by atoms with van der Waals surface area (Å²) >= 11 is 16.5. The van der Waals surface area contributed by atoms with Crippen molar-refractivity contribution in [3.05, 3.63) is 110 Å². The first-order chi connectivity index (χ1) is 23.0. The van der Waals surface area contributed by atoms with Crippen LogP contribution in [-0.2, 0) is 29.2 Å². The van der Waals surface area contributed by atoms with E-state index in [0.29, 0.717) is 0 Å². The van der Waals surface area contributed by atoms with Crippen LogP contribution >= 0.6 is 45.9 Å². The molecule has 7 rings (SSSR count). The van der Waals surface area contributed by atoms with Gasteiger partial charge in [-0.1, -0.05) is 116 Å². The predicted octanol–water partition coefficient (Wildman–Crippen LogP) is 13.8. The lowest BCUT2D eigenvalue weighted by molar-refractivity contribution is 0.487. The Labute approximate surface area is 310 Å². The van der Waals surface area contributed by atoms with E-state index in [0.717, 1.165) is 28.6 Å². The third-order valence-electron chi connectivity index (χ3n) is 8.67. The third kappa shape index (κ3) is 8.61. The van der Waals surface area contributed by atoms with E-state index >= 15 is 0 Å². The van der Waals surface area contributed by atoms with Crippen molar-refractivity contribution in [3.63, 3.8) is 0 Å². The number of rotatable bonds is 1. The molecule has 7 heteroatoms. The molecule has 49 heavy (non-hydrogen) atoms. The van der Waals surface area contributed by atoms with Gasteiger partial charge in [-0.25, -0.2) is 0 Å². The number of benzene rings is 3. The molecule has 6 aromatic rings. The van der Waals surface area contributed by atoms with Crippen LogP contribution in [0.2, 0.25) is 10.0 Å². The van der Waals surface area contributed by atoms with Crippen molar-refractivity contribution < 1.29 is 0 Å². The van der Waals surface area contributed by atoms with E-state index in [1.165, 1.54) is 65.2 Å². The van der Waals surface area contributed by atoms with Gasteiger partial charge in [0.05, 0.1) is 22.9 Å². The second kappa shape index (κ2) is 14.6. The van der Waals surface area contributed by atoms with Crippen molar-refractivity contribution in [2.45, 2.75) is 104 Å². The highest BCUT2D eigenvalue weighted by molar-refractivity contribution is 7.20. The molecule has 0 spiro atoms. The van der Waals surface area contributed by atoms with Gasteiger partial charge in [-0.15, -0.1) is 22.7 Å². The van der Waals surface area contributed by atoms with Gasteiger partial charge in [0.15, 0.2) is 0 Å². The summed E-state index contributed by atoms with van der Waals surface area (Å²) in [4.78, 5) is 2.65. The summed E-state index contributed by atoms with van der Waals surface area (Å²) in [5.74, 6) is 0. The van der Waals surface area contributed by atoms with Crippen LogP contribution in [0.4, 0.5) is 0 Å². The molecule has 4 heterocycles. The minimum absolute atomic E-state index is 0.0774. The van der Waals surface area contributed by atoms with Crippen LogP contribution in [0.1, 0.15) is 102 Å². The molecule has 0 amide bonds. The molecule has 0 unspecified atom stereocenters. The van der Waals surface area contributed by atoms with Gasteiger partial charge in [-0.2, -0.15) is 10.4 Å². The molecule has 3 nitrogen and oxygen atoms in total. The van der Waals surface area contributed by atoms with Gasteiger partial charge in [0.2, 0.25) is 0 Å². The van der Waals surface area contributed by atoms with Gasteiger partial charge in [0, 0.05) is 47.4 Å². The summed E-state index contributed by atoms with van der Waals surface area (Å²) in [5, 5.41) is 17.5. The first kappa shape index (κ1) is 37.1. The summed E-state index contributed by atoms with van der Waals surface area (Å²) < 4.78 is 4.69. The van der Waals surface area contributed by atoms with Crippen LogP contribution < -0.4 is 0 Å². The highest BCUT2D eigenvalue weighted by atomic mass is 35.5. The van der Waals surface area contributed by atoms with E-state index in [1.54, 1.807) is 11.3 Å². The Hall–Kier alpha value is -3.14. The van der Waals surface area contributed by atoms with Crippen molar-refractivity contribution in [2.75, 3.05) is 0 Å². The monoisotopic (exact) mass is 727 g/mol. The maximum atomic E-state index is 8.82. The van der Waals surface area contributed by atoms with E-state index in [2.05, 4.69) is 121 Å². The van der Waals surface area contributed by atoms with Crippen molar-refractivity contribution in [1.82, 2.24) is 9.78 Å². The van der Waals surface area contributed by atoms with E-state index in [1.807, 2.05) is 41.8 Å². The molecular weight excluding hydrogens is 682 g/mol. The number of nitrogens with zero attached hydrogens (tertiary/aromatic N) is 3. The fourth-order valence-corrected chi connectivity index (χ4v) is 9.27. The Morgan fingerprint density at radius 3 is 2.14 bits per heavy atom. The van der Waals surface area contributed by atoms with E-state index in [-0.39, 0.29) is 16.2 Å². The summed E-state index contributed by atoms with van der Waals surface area (Å²) in [6.45, 7) is 20.8. The van der Waals surface area contributed by atoms with Crippen LogP contribution in [0.3, 0.4) is 0 Å². The lowest BCUT2D eigenvalue weighted by atomic mass is 9.86. The molecule has 0 saturated carbocycles. The molecule has 0 N–H and O–H groups in total.